The number of hydrogen-bond donors (Lipinski definition) is 1. The number of aryl methyl sites for hydroxylation is 1. The highest BCUT2D eigenvalue weighted by Crippen LogP contribution is 2.16. The minimum absolute atomic E-state index is 0.662. The molecule has 1 nitrogen and oxygen atoms in total. The van der Waals surface area contributed by atoms with Crippen LogP contribution in [0.15, 0.2) is 24.3 Å². The lowest BCUT2D eigenvalue weighted by molar-refractivity contribution is 0.460. The van der Waals surface area contributed by atoms with Crippen LogP contribution in [0.1, 0.15) is 50.2 Å². The maximum atomic E-state index is 5.87. The summed E-state index contributed by atoms with van der Waals surface area (Å²) in [5.41, 5.74) is 8.63. The van der Waals surface area contributed by atoms with Crippen LogP contribution < -0.4 is 5.73 Å². The molecule has 1 atom stereocenters. The lowest BCUT2D eigenvalue weighted by atomic mass is 9.93. The van der Waals surface area contributed by atoms with Crippen LogP contribution in [0, 0.1) is 12.8 Å². The SMILES string of the molecule is CCCCCCC(CN)Cc1ccc(C)cc1. The van der Waals surface area contributed by atoms with Crippen LogP contribution in [0.25, 0.3) is 0 Å². The van der Waals surface area contributed by atoms with Gasteiger partial charge in [0.15, 0.2) is 0 Å². The number of unbranched alkanes of at least 4 members (excludes halogenated alkanes) is 3. The maximum Gasteiger partial charge on any atom is -0.00457 e. The minimum atomic E-state index is 0.662. The zero-order valence-corrected chi connectivity index (χ0v) is 11.4. The first-order valence-corrected chi connectivity index (χ1v) is 7.02. The highest BCUT2D eigenvalue weighted by Gasteiger charge is 2.07. The number of rotatable bonds is 8. The molecular formula is C16H27N. The van der Waals surface area contributed by atoms with Gasteiger partial charge >= 0.3 is 0 Å². The quantitative estimate of drug-likeness (QED) is 0.673. The molecule has 0 fully saturated rings. The van der Waals surface area contributed by atoms with E-state index in [1.807, 2.05) is 0 Å². The molecular weight excluding hydrogens is 206 g/mol. The summed E-state index contributed by atoms with van der Waals surface area (Å²) in [6.07, 6.45) is 7.79. The number of nitrogens with two attached hydrogens (primary N) is 1. The summed E-state index contributed by atoms with van der Waals surface area (Å²) >= 11 is 0. The summed E-state index contributed by atoms with van der Waals surface area (Å²) in [5, 5.41) is 0. The molecule has 0 amide bonds. The van der Waals surface area contributed by atoms with Gasteiger partial charge in [-0.1, -0.05) is 62.4 Å². The van der Waals surface area contributed by atoms with Crippen molar-refractivity contribution >= 4 is 0 Å². The monoisotopic (exact) mass is 233 g/mol. The van der Waals surface area contributed by atoms with Gasteiger partial charge in [-0.2, -0.15) is 0 Å². The molecule has 0 spiro atoms. The van der Waals surface area contributed by atoms with Gasteiger partial charge in [-0.25, -0.2) is 0 Å². The van der Waals surface area contributed by atoms with E-state index in [0.717, 1.165) is 13.0 Å². The van der Waals surface area contributed by atoms with Crippen molar-refractivity contribution in [2.24, 2.45) is 11.7 Å². The fourth-order valence-electron chi connectivity index (χ4n) is 2.22. The Morgan fingerprint density at radius 2 is 1.76 bits per heavy atom. The lowest BCUT2D eigenvalue weighted by Crippen LogP contribution is -2.16. The number of hydrogen-bond acceptors (Lipinski definition) is 1. The van der Waals surface area contributed by atoms with Crippen molar-refractivity contribution < 1.29 is 0 Å². The maximum absolute atomic E-state index is 5.87. The Bertz CT molecular complexity index is 289. The second-order valence-electron chi connectivity index (χ2n) is 5.14. The van der Waals surface area contributed by atoms with Crippen LogP contribution >= 0.6 is 0 Å². The first-order chi connectivity index (χ1) is 8.26. The molecule has 2 N–H and O–H groups in total. The summed E-state index contributed by atoms with van der Waals surface area (Å²) in [6, 6.07) is 8.87. The Balaban J connectivity index is 2.33. The van der Waals surface area contributed by atoms with Crippen molar-refractivity contribution in [1.29, 1.82) is 0 Å². The first-order valence-electron chi connectivity index (χ1n) is 7.02. The predicted octanol–water partition coefficient (Wildman–Crippen LogP) is 4.08. The second kappa shape index (κ2) is 8.30. The van der Waals surface area contributed by atoms with E-state index < -0.39 is 0 Å². The zero-order chi connectivity index (χ0) is 12.5. The zero-order valence-electron chi connectivity index (χ0n) is 11.4. The van der Waals surface area contributed by atoms with Crippen LogP contribution in [-0.2, 0) is 6.42 Å². The van der Waals surface area contributed by atoms with E-state index in [1.165, 1.54) is 43.2 Å². The molecule has 1 aromatic rings. The third kappa shape index (κ3) is 5.88. The molecule has 1 unspecified atom stereocenters. The van der Waals surface area contributed by atoms with Crippen molar-refractivity contribution in [3.63, 3.8) is 0 Å². The van der Waals surface area contributed by atoms with Gasteiger partial charge in [0.25, 0.3) is 0 Å². The molecule has 0 bridgehead atoms. The van der Waals surface area contributed by atoms with Crippen LogP contribution in [0.5, 0.6) is 0 Å². The van der Waals surface area contributed by atoms with Crippen molar-refractivity contribution in [2.75, 3.05) is 6.54 Å². The molecule has 0 aromatic heterocycles. The highest BCUT2D eigenvalue weighted by atomic mass is 14.5. The van der Waals surface area contributed by atoms with Gasteiger partial charge in [0.2, 0.25) is 0 Å². The van der Waals surface area contributed by atoms with E-state index in [2.05, 4.69) is 38.1 Å². The predicted molar refractivity (Wildman–Crippen MR) is 76.2 cm³/mol. The summed E-state index contributed by atoms with van der Waals surface area (Å²) < 4.78 is 0. The molecule has 1 rings (SSSR count). The minimum Gasteiger partial charge on any atom is -0.330 e. The van der Waals surface area contributed by atoms with Gasteiger partial charge in [-0.3, -0.25) is 0 Å². The number of benzene rings is 1. The van der Waals surface area contributed by atoms with Crippen molar-refractivity contribution in [3.8, 4) is 0 Å². The van der Waals surface area contributed by atoms with Crippen molar-refractivity contribution in [3.05, 3.63) is 35.4 Å². The van der Waals surface area contributed by atoms with Gasteiger partial charge in [0.1, 0.15) is 0 Å². The van der Waals surface area contributed by atoms with Crippen LogP contribution in [0.3, 0.4) is 0 Å². The molecule has 0 aliphatic rings. The van der Waals surface area contributed by atoms with E-state index in [0.29, 0.717) is 5.92 Å². The van der Waals surface area contributed by atoms with Crippen LogP contribution in [-0.4, -0.2) is 6.54 Å². The Hall–Kier alpha value is -0.820. The summed E-state index contributed by atoms with van der Waals surface area (Å²) in [5.74, 6) is 0.662. The van der Waals surface area contributed by atoms with Crippen LogP contribution in [0.2, 0.25) is 0 Å². The third-order valence-corrected chi connectivity index (χ3v) is 3.44. The Labute approximate surface area is 106 Å². The molecule has 1 aromatic carbocycles. The molecule has 0 saturated heterocycles. The highest BCUT2D eigenvalue weighted by molar-refractivity contribution is 5.21. The van der Waals surface area contributed by atoms with Crippen molar-refractivity contribution in [2.45, 2.75) is 52.4 Å². The molecule has 17 heavy (non-hydrogen) atoms. The smallest absolute Gasteiger partial charge is 0.00457 e. The van der Waals surface area contributed by atoms with E-state index >= 15 is 0 Å². The summed E-state index contributed by atoms with van der Waals surface area (Å²) in [6.45, 7) is 5.21. The Kier molecular flexibility index (Phi) is 6.95. The van der Waals surface area contributed by atoms with E-state index in [-0.39, 0.29) is 0 Å². The van der Waals surface area contributed by atoms with E-state index in [4.69, 9.17) is 5.73 Å². The molecule has 0 aliphatic heterocycles. The van der Waals surface area contributed by atoms with Gasteiger partial charge in [-0.05, 0) is 37.8 Å². The molecule has 0 saturated carbocycles. The van der Waals surface area contributed by atoms with Crippen molar-refractivity contribution in [1.82, 2.24) is 0 Å². The van der Waals surface area contributed by atoms with Gasteiger partial charge < -0.3 is 5.73 Å². The standard InChI is InChI=1S/C16H27N/c1-3-4-5-6-7-16(13-17)12-15-10-8-14(2)9-11-15/h8-11,16H,3-7,12-13,17H2,1-2H3. The average Bonchev–Trinajstić information content (AvgIpc) is 2.35. The van der Waals surface area contributed by atoms with Crippen LogP contribution in [0.4, 0.5) is 0 Å². The second-order valence-corrected chi connectivity index (χ2v) is 5.14. The summed E-state index contributed by atoms with van der Waals surface area (Å²) in [7, 11) is 0. The average molecular weight is 233 g/mol. The summed E-state index contributed by atoms with van der Waals surface area (Å²) in [4.78, 5) is 0. The molecule has 0 aliphatic carbocycles. The fraction of sp³-hybridized carbons (Fsp3) is 0.625. The molecule has 1 heteroatoms. The van der Waals surface area contributed by atoms with Gasteiger partial charge in [0, 0.05) is 0 Å². The largest absolute Gasteiger partial charge is 0.330 e. The topological polar surface area (TPSA) is 26.0 Å². The molecule has 96 valence electrons. The van der Waals surface area contributed by atoms with E-state index in [9.17, 15) is 0 Å². The third-order valence-electron chi connectivity index (χ3n) is 3.44. The first kappa shape index (κ1) is 14.2. The fourth-order valence-corrected chi connectivity index (χ4v) is 2.22. The molecule has 0 heterocycles. The normalized spacial score (nSPS) is 12.6. The lowest BCUT2D eigenvalue weighted by Gasteiger charge is -2.14. The van der Waals surface area contributed by atoms with E-state index in [1.54, 1.807) is 0 Å². The van der Waals surface area contributed by atoms with Gasteiger partial charge in [-0.15, -0.1) is 0 Å². The Morgan fingerprint density at radius 3 is 2.35 bits per heavy atom. The van der Waals surface area contributed by atoms with Gasteiger partial charge in [0.05, 0.1) is 0 Å². The Morgan fingerprint density at radius 1 is 1.06 bits per heavy atom. The molecule has 0 radical (unpaired) electrons.